The summed E-state index contributed by atoms with van der Waals surface area (Å²) in [6, 6.07) is 2.47. The van der Waals surface area contributed by atoms with Gasteiger partial charge in [-0.3, -0.25) is 0 Å². The molecule has 0 aromatic carbocycles. The zero-order valence-corrected chi connectivity index (χ0v) is 21.6. The normalized spacial score (nSPS) is 10.5. The number of hydrogen-bond donors (Lipinski definition) is 0. The van der Waals surface area contributed by atoms with Gasteiger partial charge in [0.15, 0.2) is 0 Å². The molecule has 0 aliphatic carbocycles. The molecule has 212 valence electrons. The van der Waals surface area contributed by atoms with E-state index in [0.29, 0.717) is 37.6 Å². The Labute approximate surface area is 219 Å². The predicted octanol–water partition coefficient (Wildman–Crippen LogP) is 7.71. The Morgan fingerprint density at radius 3 is 1.51 bits per heavy atom. The Balaban J connectivity index is -0.000000750. The summed E-state index contributed by atoms with van der Waals surface area (Å²) in [5.74, 6) is -0.732. The van der Waals surface area contributed by atoms with Crippen LogP contribution in [0, 0.1) is 5.41 Å². The van der Waals surface area contributed by atoms with Gasteiger partial charge in [-0.15, -0.1) is 0 Å². The van der Waals surface area contributed by atoms with Crippen LogP contribution >= 0.6 is 0 Å². The van der Waals surface area contributed by atoms with Crippen LogP contribution in [0.2, 0.25) is 25.2 Å². The van der Waals surface area contributed by atoms with Crippen molar-refractivity contribution >= 4 is 20.0 Å². The van der Waals surface area contributed by atoms with Crippen LogP contribution in [0.3, 0.4) is 0 Å². The molecule has 0 spiro atoms. The van der Waals surface area contributed by atoms with Gasteiger partial charge in [0.05, 0.1) is 13.2 Å². The monoisotopic (exact) mass is 520 g/mol. The molecule has 0 unspecified atom stereocenters. The van der Waals surface area contributed by atoms with Crippen molar-refractivity contribution in [2.24, 2.45) is 5.41 Å². The molecule has 0 N–H and O–H groups in total. The van der Waals surface area contributed by atoms with Gasteiger partial charge < -0.3 is 18.9 Å². The third-order valence-corrected chi connectivity index (χ3v) is 8.48. The Morgan fingerprint density at radius 2 is 1.11 bits per heavy atom. The van der Waals surface area contributed by atoms with E-state index in [9.17, 15) is 9.59 Å². The lowest BCUT2D eigenvalue weighted by Crippen LogP contribution is -2.32. The lowest BCUT2D eigenvalue weighted by Gasteiger charge is -2.34. The first-order valence-corrected chi connectivity index (χ1v) is 14.6. The number of carbonyl (C=O) groups is 2. The lowest BCUT2D eigenvalue weighted by atomic mass is 9.90. The molecule has 0 aliphatic rings. The van der Waals surface area contributed by atoms with Crippen molar-refractivity contribution in [1.82, 2.24) is 0 Å². The fourth-order valence-corrected chi connectivity index (χ4v) is 7.66. The second-order valence-electron chi connectivity index (χ2n) is 9.77. The van der Waals surface area contributed by atoms with Crippen LogP contribution < -0.4 is 0 Å². The second-order valence-corrected chi connectivity index (χ2v) is 15.0. The fraction of sp³-hybridized carbons (Fsp3) is 0.786. The number of rotatable bonds is 18. The van der Waals surface area contributed by atoms with Crippen molar-refractivity contribution in [2.45, 2.75) is 102 Å². The van der Waals surface area contributed by atoms with Crippen molar-refractivity contribution in [1.29, 1.82) is 0 Å². The van der Waals surface area contributed by atoms with E-state index in [0.717, 1.165) is 19.3 Å². The highest BCUT2D eigenvalue weighted by Gasteiger charge is 2.29. The highest BCUT2D eigenvalue weighted by Crippen LogP contribution is 2.35. The van der Waals surface area contributed by atoms with E-state index < -0.39 is 8.07 Å². The minimum absolute atomic E-state index is 0. The van der Waals surface area contributed by atoms with Gasteiger partial charge in [-0.25, -0.2) is 9.59 Å². The molecular formula is C28H60O6Si. The highest BCUT2D eigenvalue weighted by atomic mass is 28.3. The predicted molar refractivity (Wildman–Crippen MR) is 155 cm³/mol. The molecule has 0 saturated heterocycles. The molecule has 0 bridgehead atoms. The average Bonchev–Trinajstić information content (AvgIpc) is 2.64. The van der Waals surface area contributed by atoms with Gasteiger partial charge in [-0.1, -0.05) is 81.9 Å². The highest BCUT2D eigenvalue weighted by molar-refractivity contribution is 6.77. The molecule has 0 saturated carbocycles. The Morgan fingerprint density at radius 1 is 0.714 bits per heavy atom. The molecule has 0 fully saturated rings. The van der Waals surface area contributed by atoms with Gasteiger partial charge in [0.1, 0.15) is 13.2 Å². The van der Waals surface area contributed by atoms with Crippen molar-refractivity contribution in [3.05, 3.63) is 24.3 Å². The zero-order valence-electron chi connectivity index (χ0n) is 20.6. The van der Waals surface area contributed by atoms with Gasteiger partial charge in [0.2, 0.25) is 0 Å². The zero-order chi connectivity index (χ0) is 23.9. The van der Waals surface area contributed by atoms with Crippen molar-refractivity contribution < 1.29 is 28.5 Å². The smallest absolute Gasteiger partial charge is 0.333 e. The molecule has 0 aliphatic heterocycles. The summed E-state index contributed by atoms with van der Waals surface area (Å²) in [5, 5.41) is 0. The van der Waals surface area contributed by atoms with E-state index in [1.165, 1.54) is 12.1 Å². The topological polar surface area (TPSA) is 71.1 Å². The third-order valence-electron chi connectivity index (χ3n) is 4.86. The summed E-state index contributed by atoms with van der Waals surface area (Å²) in [5.41, 5.74) is 1.10. The van der Waals surface area contributed by atoms with Crippen LogP contribution in [0.5, 0.6) is 0 Å². The van der Waals surface area contributed by atoms with Crippen LogP contribution in [0.1, 0.15) is 76.7 Å². The standard InChI is InChI=1S/C24H44O6Si.4CH4/c1-20(2)22(25)29-16-14-27-12-9-11-24(5,6)19-31(7,8)18-10-13-28-15-17-30-23(26)21(3)4;;;;/h1,3,9-19H2,2,4-8H3;4*1H4. The second kappa shape index (κ2) is 23.0. The maximum absolute atomic E-state index is 11.3. The SMILES string of the molecule is C.C.C.C.C=C(C)C(=O)OCCOCCCC(C)(C)C[Si](C)(C)CCCOCCOC(=O)C(=C)C. The Bertz CT molecular complexity index is 534. The minimum atomic E-state index is -1.33. The number of hydrogen-bond acceptors (Lipinski definition) is 6. The summed E-state index contributed by atoms with van der Waals surface area (Å²) >= 11 is 0. The summed E-state index contributed by atoms with van der Waals surface area (Å²) in [4.78, 5) is 22.6. The van der Waals surface area contributed by atoms with Gasteiger partial charge in [0, 0.05) is 32.4 Å². The Kier molecular flexibility index (Phi) is 28.6. The van der Waals surface area contributed by atoms with Crippen LogP contribution in [0.15, 0.2) is 24.3 Å². The quantitative estimate of drug-likeness (QED) is 0.0797. The molecule has 7 heteroatoms. The van der Waals surface area contributed by atoms with E-state index in [1.54, 1.807) is 13.8 Å². The van der Waals surface area contributed by atoms with Crippen LogP contribution in [0.4, 0.5) is 0 Å². The molecule has 35 heavy (non-hydrogen) atoms. The molecule has 0 rings (SSSR count). The first-order valence-electron chi connectivity index (χ1n) is 11.2. The van der Waals surface area contributed by atoms with Gasteiger partial charge >= 0.3 is 11.9 Å². The van der Waals surface area contributed by atoms with E-state index in [4.69, 9.17) is 18.9 Å². The average molecular weight is 521 g/mol. The fourth-order valence-electron chi connectivity index (χ4n) is 3.61. The Hall–Kier alpha value is -1.44. The molecule has 0 aromatic rings. The largest absolute Gasteiger partial charge is 0.460 e. The van der Waals surface area contributed by atoms with E-state index in [-0.39, 0.29) is 60.3 Å². The summed E-state index contributed by atoms with van der Waals surface area (Å²) in [7, 11) is -1.33. The summed E-state index contributed by atoms with van der Waals surface area (Å²) in [6.45, 7) is 22.7. The van der Waals surface area contributed by atoms with Crippen LogP contribution in [-0.4, -0.2) is 59.7 Å². The van der Waals surface area contributed by atoms with Gasteiger partial charge in [-0.2, -0.15) is 0 Å². The number of carbonyl (C=O) groups excluding carboxylic acids is 2. The molecule has 0 amide bonds. The summed E-state index contributed by atoms with van der Waals surface area (Å²) in [6.07, 6.45) is 3.15. The lowest BCUT2D eigenvalue weighted by molar-refractivity contribution is -0.141. The van der Waals surface area contributed by atoms with E-state index in [2.05, 4.69) is 40.1 Å². The van der Waals surface area contributed by atoms with Crippen LogP contribution in [0.25, 0.3) is 0 Å². The van der Waals surface area contributed by atoms with Gasteiger partial charge in [-0.05, 0) is 38.5 Å². The maximum atomic E-state index is 11.3. The van der Waals surface area contributed by atoms with E-state index in [1.807, 2.05) is 0 Å². The molecule has 0 atom stereocenters. The number of ether oxygens (including phenoxy) is 4. The third kappa shape index (κ3) is 25.5. The minimum Gasteiger partial charge on any atom is -0.460 e. The molecule has 0 aromatic heterocycles. The first kappa shape index (κ1) is 43.6. The van der Waals surface area contributed by atoms with Gasteiger partial charge in [0.25, 0.3) is 0 Å². The van der Waals surface area contributed by atoms with Crippen molar-refractivity contribution in [3.63, 3.8) is 0 Å². The van der Waals surface area contributed by atoms with Crippen molar-refractivity contribution in [3.8, 4) is 0 Å². The molecule has 6 nitrogen and oxygen atoms in total. The van der Waals surface area contributed by atoms with E-state index >= 15 is 0 Å². The molecule has 0 heterocycles. The summed E-state index contributed by atoms with van der Waals surface area (Å²) < 4.78 is 21.2. The number of esters is 2. The maximum Gasteiger partial charge on any atom is 0.333 e. The van der Waals surface area contributed by atoms with Crippen molar-refractivity contribution in [2.75, 3.05) is 39.6 Å². The first-order chi connectivity index (χ1) is 14.4. The van der Waals surface area contributed by atoms with Crippen LogP contribution in [-0.2, 0) is 28.5 Å². The molecule has 0 radical (unpaired) electrons. The molecular weight excluding hydrogens is 460 g/mol.